The molecule has 0 aromatic carbocycles. The van der Waals surface area contributed by atoms with Gasteiger partial charge in [-0.25, -0.2) is 0 Å². The van der Waals surface area contributed by atoms with Crippen LogP contribution in [0.15, 0.2) is 10.5 Å². The van der Waals surface area contributed by atoms with E-state index in [0.29, 0.717) is 69.6 Å². The lowest BCUT2D eigenvalue weighted by molar-refractivity contribution is 0.0635. The first kappa shape index (κ1) is 17.4. The highest BCUT2D eigenvalue weighted by molar-refractivity contribution is 7.86. The molecule has 0 bridgehead atoms. The largest absolute Gasteiger partial charge is 0.466 e. The maximum Gasteiger partial charge on any atom is 0.282 e. The Bertz CT molecular complexity index is 701. The molecule has 0 radical (unpaired) electrons. The van der Waals surface area contributed by atoms with E-state index in [-0.39, 0.29) is 5.91 Å². The minimum Gasteiger partial charge on any atom is -0.466 e. The first-order chi connectivity index (χ1) is 11.4. The van der Waals surface area contributed by atoms with E-state index in [1.807, 2.05) is 0 Å². The fourth-order valence-electron chi connectivity index (χ4n) is 3.08. The SMILES string of the molecule is Cc1cc(C(=O)N2CCN(S(=O)(=O)N3CCOCC3)CC2)c(C)o1. The monoisotopic (exact) mass is 357 g/mol. The van der Waals surface area contributed by atoms with E-state index in [2.05, 4.69) is 0 Å². The van der Waals surface area contributed by atoms with Gasteiger partial charge in [0.25, 0.3) is 16.1 Å². The van der Waals surface area contributed by atoms with Crippen LogP contribution in [0.3, 0.4) is 0 Å². The number of furan rings is 1. The maximum absolute atomic E-state index is 12.6. The molecule has 3 rings (SSSR count). The second-order valence-electron chi connectivity index (χ2n) is 6.04. The zero-order chi connectivity index (χ0) is 17.3. The molecule has 0 aliphatic carbocycles. The van der Waals surface area contributed by atoms with Crippen molar-refractivity contribution in [1.29, 1.82) is 0 Å². The Hall–Kier alpha value is -1.42. The Balaban J connectivity index is 1.63. The first-order valence-corrected chi connectivity index (χ1v) is 9.48. The Labute approximate surface area is 142 Å². The van der Waals surface area contributed by atoms with Crippen LogP contribution in [0.2, 0.25) is 0 Å². The molecule has 0 unspecified atom stereocenters. The molecular formula is C15H23N3O5S. The fraction of sp³-hybridized carbons (Fsp3) is 0.667. The highest BCUT2D eigenvalue weighted by Crippen LogP contribution is 2.19. The number of carbonyl (C=O) groups is 1. The molecule has 8 nitrogen and oxygen atoms in total. The zero-order valence-corrected chi connectivity index (χ0v) is 14.8. The summed E-state index contributed by atoms with van der Waals surface area (Å²) in [6.07, 6.45) is 0. The van der Waals surface area contributed by atoms with Gasteiger partial charge in [0.05, 0.1) is 18.8 Å². The number of rotatable bonds is 3. The third-order valence-electron chi connectivity index (χ3n) is 4.42. The number of morpholine rings is 1. The van der Waals surface area contributed by atoms with Crippen LogP contribution < -0.4 is 0 Å². The van der Waals surface area contributed by atoms with Gasteiger partial charge in [-0.1, -0.05) is 0 Å². The average molecular weight is 357 g/mol. The predicted molar refractivity (Wildman–Crippen MR) is 87.0 cm³/mol. The quantitative estimate of drug-likeness (QED) is 0.773. The predicted octanol–water partition coefficient (Wildman–Crippen LogP) is 0.231. The summed E-state index contributed by atoms with van der Waals surface area (Å²) in [4.78, 5) is 14.2. The standard InChI is InChI=1S/C15H23N3O5S/c1-12-11-14(13(2)23-12)15(19)16-3-5-17(6-4-16)24(20,21)18-7-9-22-10-8-18/h11H,3-10H2,1-2H3. The third kappa shape index (κ3) is 3.34. The summed E-state index contributed by atoms with van der Waals surface area (Å²) in [5.41, 5.74) is 0.553. The zero-order valence-electron chi connectivity index (χ0n) is 14.0. The van der Waals surface area contributed by atoms with E-state index in [1.165, 1.54) is 8.61 Å². The molecule has 1 amide bonds. The number of carbonyl (C=O) groups excluding carboxylic acids is 1. The molecule has 0 saturated carbocycles. The van der Waals surface area contributed by atoms with Crippen LogP contribution in [0, 0.1) is 13.8 Å². The topological polar surface area (TPSA) is 83.3 Å². The van der Waals surface area contributed by atoms with E-state index in [1.54, 1.807) is 24.8 Å². The highest BCUT2D eigenvalue weighted by atomic mass is 32.2. The normalized spacial score (nSPS) is 21.2. The van der Waals surface area contributed by atoms with Crippen molar-refractivity contribution in [1.82, 2.24) is 13.5 Å². The average Bonchev–Trinajstić information content (AvgIpc) is 2.93. The van der Waals surface area contributed by atoms with Crippen molar-refractivity contribution < 1.29 is 22.4 Å². The third-order valence-corrected chi connectivity index (χ3v) is 6.46. The lowest BCUT2D eigenvalue weighted by atomic mass is 10.2. The summed E-state index contributed by atoms with van der Waals surface area (Å²) >= 11 is 0. The minimum absolute atomic E-state index is 0.104. The number of ether oxygens (including phenoxy) is 1. The smallest absolute Gasteiger partial charge is 0.282 e. The van der Waals surface area contributed by atoms with Gasteiger partial charge in [0.15, 0.2) is 0 Å². The Morgan fingerprint density at radius 2 is 1.58 bits per heavy atom. The summed E-state index contributed by atoms with van der Waals surface area (Å²) in [5, 5.41) is 0. The summed E-state index contributed by atoms with van der Waals surface area (Å²) < 4.78 is 38.8. The van der Waals surface area contributed by atoms with Crippen LogP contribution in [-0.2, 0) is 14.9 Å². The summed E-state index contributed by atoms with van der Waals surface area (Å²) in [7, 11) is -3.47. The number of nitrogens with zero attached hydrogens (tertiary/aromatic N) is 3. The van der Waals surface area contributed by atoms with Crippen LogP contribution in [-0.4, -0.2) is 80.3 Å². The minimum atomic E-state index is -3.47. The van der Waals surface area contributed by atoms with Crippen molar-refractivity contribution >= 4 is 16.1 Å². The molecule has 9 heteroatoms. The van der Waals surface area contributed by atoms with Gasteiger partial charge in [0.1, 0.15) is 11.5 Å². The van der Waals surface area contributed by atoms with Crippen molar-refractivity contribution in [3.63, 3.8) is 0 Å². The molecule has 134 valence electrons. The highest BCUT2D eigenvalue weighted by Gasteiger charge is 2.34. The molecule has 2 fully saturated rings. The maximum atomic E-state index is 12.6. The van der Waals surface area contributed by atoms with E-state index in [9.17, 15) is 13.2 Å². The van der Waals surface area contributed by atoms with Gasteiger partial charge in [-0.3, -0.25) is 4.79 Å². The fourth-order valence-corrected chi connectivity index (χ4v) is 4.64. The molecule has 0 spiro atoms. The molecule has 1 aromatic heterocycles. The summed E-state index contributed by atoms with van der Waals surface area (Å²) in [6, 6.07) is 1.73. The number of hydrogen-bond acceptors (Lipinski definition) is 5. The molecule has 2 saturated heterocycles. The second-order valence-corrected chi connectivity index (χ2v) is 7.97. The molecule has 2 aliphatic rings. The molecule has 0 N–H and O–H groups in total. The van der Waals surface area contributed by atoms with Crippen molar-refractivity contribution in [3.05, 3.63) is 23.2 Å². The number of amides is 1. The van der Waals surface area contributed by atoms with Crippen molar-refractivity contribution in [2.75, 3.05) is 52.5 Å². The van der Waals surface area contributed by atoms with Gasteiger partial charge < -0.3 is 14.1 Å². The van der Waals surface area contributed by atoms with Crippen LogP contribution in [0.25, 0.3) is 0 Å². The molecule has 24 heavy (non-hydrogen) atoms. The Kier molecular flexibility index (Phi) is 4.95. The number of hydrogen-bond donors (Lipinski definition) is 0. The van der Waals surface area contributed by atoms with Crippen LogP contribution in [0.1, 0.15) is 21.9 Å². The van der Waals surface area contributed by atoms with Gasteiger partial charge in [-0.15, -0.1) is 0 Å². The molecule has 0 atom stereocenters. The van der Waals surface area contributed by atoms with Gasteiger partial charge >= 0.3 is 0 Å². The van der Waals surface area contributed by atoms with Gasteiger partial charge in [-0.05, 0) is 19.9 Å². The molecule has 3 heterocycles. The van der Waals surface area contributed by atoms with Crippen molar-refractivity contribution in [2.24, 2.45) is 0 Å². The lowest BCUT2D eigenvalue weighted by Crippen LogP contribution is -2.55. The first-order valence-electron chi connectivity index (χ1n) is 8.09. The van der Waals surface area contributed by atoms with Crippen molar-refractivity contribution in [3.8, 4) is 0 Å². The summed E-state index contributed by atoms with van der Waals surface area (Å²) in [6.45, 7) is 6.56. The van der Waals surface area contributed by atoms with Gasteiger partial charge in [-0.2, -0.15) is 17.0 Å². The van der Waals surface area contributed by atoms with E-state index < -0.39 is 10.2 Å². The van der Waals surface area contributed by atoms with Crippen LogP contribution in [0.4, 0.5) is 0 Å². The molecule has 2 aliphatic heterocycles. The molecular weight excluding hydrogens is 334 g/mol. The number of aryl methyl sites for hydroxylation is 2. The second kappa shape index (κ2) is 6.83. The Morgan fingerprint density at radius 1 is 1.00 bits per heavy atom. The van der Waals surface area contributed by atoms with Crippen LogP contribution >= 0.6 is 0 Å². The summed E-state index contributed by atoms with van der Waals surface area (Å²) in [5.74, 6) is 1.19. The van der Waals surface area contributed by atoms with E-state index in [4.69, 9.17) is 9.15 Å². The van der Waals surface area contributed by atoms with E-state index >= 15 is 0 Å². The van der Waals surface area contributed by atoms with Crippen molar-refractivity contribution in [2.45, 2.75) is 13.8 Å². The lowest BCUT2D eigenvalue weighted by Gasteiger charge is -2.37. The van der Waals surface area contributed by atoms with Gasteiger partial charge in [0, 0.05) is 39.3 Å². The van der Waals surface area contributed by atoms with Crippen LogP contribution in [0.5, 0.6) is 0 Å². The molecule has 1 aromatic rings. The van der Waals surface area contributed by atoms with Gasteiger partial charge in [0.2, 0.25) is 0 Å². The van der Waals surface area contributed by atoms with E-state index in [0.717, 1.165) is 0 Å². The Morgan fingerprint density at radius 3 is 2.12 bits per heavy atom. The number of piperazine rings is 1.